The smallest absolute Gasteiger partial charge is 0.219 e. The molecule has 6 heteroatoms. The van der Waals surface area contributed by atoms with Crippen LogP contribution in [0.5, 0.6) is 0 Å². The monoisotopic (exact) mass is 252 g/mol. The molecule has 1 heterocycles. The van der Waals surface area contributed by atoms with Crippen molar-refractivity contribution in [3.05, 3.63) is 22.8 Å². The molecule has 17 heavy (non-hydrogen) atoms. The van der Waals surface area contributed by atoms with Gasteiger partial charge in [0.1, 0.15) is 11.0 Å². The number of amides is 1. The number of nitrogens with one attached hydrogen (secondary N) is 1. The van der Waals surface area contributed by atoms with Crippen molar-refractivity contribution >= 4 is 23.3 Å². The molecule has 0 aliphatic rings. The molecule has 0 spiro atoms. The number of nitrogens with two attached hydrogens (primary N) is 1. The van der Waals surface area contributed by atoms with Crippen molar-refractivity contribution < 1.29 is 4.79 Å². The zero-order chi connectivity index (χ0) is 13.1. The van der Waals surface area contributed by atoms with Crippen molar-refractivity contribution in [2.45, 2.75) is 25.8 Å². The average molecular weight is 253 g/mol. The van der Waals surface area contributed by atoms with Crippen LogP contribution in [0.1, 0.15) is 25.8 Å². The number of halogens is 1. The third kappa shape index (κ3) is 4.29. The summed E-state index contributed by atoms with van der Waals surface area (Å²) < 4.78 is 0. The Morgan fingerprint density at radius 2 is 2.29 bits per heavy atom. The molecule has 0 atom stereocenters. The highest BCUT2D eigenvalue weighted by atomic mass is 35.5. The number of hydrogen-bond acceptors (Lipinski definition) is 4. The molecule has 0 saturated heterocycles. The number of rotatable bonds is 4. The van der Waals surface area contributed by atoms with Crippen LogP contribution in [-0.4, -0.2) is 16.4 Å². The number of nitrogens with zero attached hydrogens (tertiary/aromatic N) is 2. The van der Waals surface area contributed by atoms with Gasteiger partial charge in [-0.15, -0.1) is 0 Å². The summed E-state index contributed by atoms with van der Waals surface area (Å²) in [6, 6.07) is 5.01. The maximum atomic E-state index is 10.9. The van der Waals surface area contributed by atoms with Gasteiger partial charge in [-0.2, -0.15) is 5.26 Å². The van der Waals surface area contributed by atoms with E-state index >= 15 is 0 Å². The molecule has 3 N–H and O–H groups in total. The summed E-state index contributed by atoms with van der Waals surface area (Å²) in [4.78, 5) is 14.9. The molecule has 1 aromatic rings. The molecule has 1 rings (SSSR count). The fourth-order valence-corrected chi connectivity index (χ4v) is 1.66. The number of anilines is 1. The lowest BCUT2D eigenvalue weighted by atomic mass is 10.0. The van der Waals surface area contributed by atoms with Gasteiger partial charge in [-0.05, 0) is 26.0 Å². The minimum Gasteiger partial charge on any atom is -0.370 e. The highest BCUT2D eigenvalue weighted by molar-refractivity contribution is 6.29. The predicted octanol–water partition coefficient (Wildman–Crippen LogP) is 1.67. The number of carbonyl (C=O) groups is 1. The van der Waals surface area contributed by atoms with Crippen LogP contribution in [0.25, 0.3) is 0 Å². The summed E-state index contributed by atoms with van der Waals surface area (Å²) in [5.41, 5.74) is 5.00. The van der Waals surface area contributed by atoms with Crippen LogP contribution in [0, 0.1) is 11.3 Å². The first-order valence-electron chi connectivity index (χ1n) is 4.96. The summed E-state index contributed by atoms with van der Waals surface area (Å²) in [7, 11) is 0. The normalized spacial score (nSPS) is 10.7. The fraction of sp³-hybridized carbons (Fsp3) is 0.364. The standard InChI is InChI=1S/C11H13ClN4O/c1-11(2,5-9(14)17)16-10-4-7(6-13)3-8(12)15-10/h3-4H,5H2,1-2H3,(H2,14,17)(H,15,16). The van der Waals surface area contributed by atoms with Crippen molar-refractivity contribution in [3.8, 4) is 6.07 Å². The SMILES string of the molecule is CC(C)(CC(N)=O)Nc1cc(C#N)cc(Cl)n1. The molecule has 0 fully saturated rings. The lowest BCUT2D eigenvalue weighted by Crippen LogP contribution is -2.36. The van der Waals surface area contributed by atoms with Crippen molar-refractivity contribution in [1.29, 1.82) is 5.26 Å². The summed E-state index contributed by atoms with van der Waals surface area (Å²) >= 11 is 5.77. The van der Waals surface area contributed by atoms with E-state index in [2.05, 4.69) is 10.3 Å². The Morgan fingerprint density at radius 3 is 2.82 bits per heavy atom. The topological polar surface area (TPSA) is 91.8 Å². The molecule has 0 bridgehead atoms. The second-order valence-corrected chi connectivity index (χ2v) is 4.71. The van der Waals surface area contributed by atoms with Gasteiger partial charge in [-0.3, -0.25) is 4.79 Å². The number of aromatic nitrogens is 1. The van der Waals surface area contributed by atoms with Gasteiger partial charge in [0.25, 0.3) is 0 Å². The van der Waals surface area contributed by atoms with Crippen LogP contribution < -0.4 is 11.1 Å². The Balaban J connectivity index is 2.91. The van der Waals surface area contributed by atoms with Gasteiger partial charge in [-0.25, -0.2) is 4.98 Å². The average Bonchev–Trinajstić information content (AvgIpc) is 2.13. The quantitative estimate of drug-likeness (QED) is 0.798. The molecule has 0 aliphatic carbocycles. The summed E-state index contributed by atoms with van der Waals surface area (Å²) in [5, 5.41) is 12.0. The molecule has 0 saturated carbocycles. The highest BCUT2D eigenvalue weighted by Gasteiger charge is 2.21. The molecule has 0 aliphatic heterocycles. The van der Waals surface area contributed by atoms with Gasteiger partial charge < -0.3 is 11.1 Å². The summed E-state index contributed by atoms with van der Waals surface area (Å²) in [5.74, 6) is 0.0327. The van der Waals surface area contributed by atoms with Crippen molar-refractivity contribution in [2.75, 3.05) is 5.32 Å². The Hall–Kier alpha value is -1.80. The zero-order valence-electron chi connectivity index (χ0n) is 9.62. The van der Waals surface area contributed by atoms with Crippen LogP contribution in [0.4, 0.5) is 5.82 Å². The maximum absolute atomic E-state index is 10.9. The van der Waals surface area contributed by atoms with E-state index in [1.54, 1.807) is 6.07 Å². The van der Waals surface area contributed by atoms with Crippen LogP contribution in [-0.2, 0) is 4.79 Å². The number of hydrogen-bond donors (Lipinski definition) is 2. The maximum Gasteiger partial charge on any atom is 0.219 e. The molecule has 1 aromatic heterocycles. The van der Waals surface area contributed by atoms with Crippen molar-refractivity contribution in [3.63, 3.8) is 0 Å². The van der Waals surface area contributed by atoms with Gasteiger partial charge in [0, 0.05) is 12.0 Å². The first-order valence-corrected chi connectivity index (χ1v) is 5.34. The van der Waals surface area contributed by atoms with Crippen molar-refractivity contribution in [2.24, 2.45) is 5.73 Å². The Bertz CT molecular complexity index is 479. The number of primary amides is 1. The first-order chi connectivity index (χ1) is 7.82. The van der Waals surface area contributed by atoms with Crippen LogP contribution in [0.15, 0.2) is 12.1 Å². The molecule has 0 aromatic carbocycles. The van der Waals surface area contributed by atoms with E-state index in [1.807, 2.05) is 19.9 Å². The van der Waals surface area contributed by atoms with E-state index in [1.165, 1.54) is 6.07 Å². The van der Waals surface area contributed by atoms with Crippen LogP contribution in [0.3, 0.4) is 0 Å². The van der Waals surface area contributed by atoms with Crippen molar-refractivity contribution in [1.82, 2.24) is 4.98 Å². The second kappa shape index (κ2) is 5.02. The van der Waals surface area contributed by atoms with E-state index in [9.17, 15) is 4.79 Å². The van der Waals surface area contributed by atoms with Gasteiger partial charge in [0.05, 0.1) is 11.6 Å². The third-order valence-corrected chi connectivity index (χ3v) is 2.20. The molecule has 0 unspecified atom stereocenters. The highest BCUT2D eigenvalue weighted by Crippen LogP contribution is 2.19. The van der Waals surface area contributed by atoms with Gasteiger partial charge in [-0.1, -0.05) is 11.6 Å². The number of pyridine rings is 1. The van der Waals surface area contributed by atoms with Crippen LogP contribution >= 0.6 is 11.6 Å². The molecule has 1 amide bonds. The lowest BCUT2D eigenvalue weighted by molar-refractivity contribution is -0.118. The number of carbonyl (C=O) groups excluding carboxylic acids is 1. The van der Waals surface area contributed by atoms with E-state index in [-0.39, 0.29) is 11.6 Å². The van der Waals surface area contributed by atoms with Gasteiger partial charge in [0.2, 0.25) is 5.91 Å². The minimum absolute atomic E-state index is 0.156. The third-order valence-electron chi connectivity index (χ3n) is 2.01. The van der Waals surface area contributed by atoms with Gasteiger partial charge >= 0.3 is 0 Å². The molecule has 0 radical (unpaired) electrons. The summed E-state index contributed by atoms with van der Waals surface area (Å²) in [6.07, 6.45) is 0.156. The molecular weight excluding hydrogens is 240 g/mol. The van der Waals surface area contributed by atoms with E-state index in [0.29, 0.717) is 11.4 Å². The largest absolute Gasteiger partial charge is 0.370 e. The molecule has 90 valence electrons. The summed E-state index contributed by atoms with van der Waals surface area (Å²) in [6.45, 7) is 3.62. The minimum atomic E-state index is -0.545. The van der Waals surface area contributed by atoms with Gasteiger partial charge in [0.15, 0.2) is 0 Å². The van der Waals surface area contributed by atoms with E-state index in [4.69, 9.17) is 22.6 Å². The Labute approximate surface area is 105 Å². The van der Waals surface area contributed by atoms with Crippen LogP contribution in [0.2, 0.25) is 5.15 Å². The zero-order valence-corrected chi connectivity index (χ0v) is 10.4. The molecular formula is C11H13ClN4O. The fourth-order valence-electron chi connectivity index (χ4n) is 1.45. The Morgan fingerprint density at radius 1 is 1.65 bits per heavy atom. The second-order valence-electron chi connectivity index (χ2n) is 4.33. The predicted molar refractivity (Wildman–Crippen MR) is 65.5 cm³/mol. The number of nitriles is 1. The Kier molecular flexibility index (Phi) is 3.92. The lowest BCUT2D eigenvalue weighted by Gasteiger charge is -2.25. The first kappa shape index (κ1) is 13.3. The molecule has 5 nitrogen and oxygen atoms in total. The van der Waals surface area contributed by atoms with E-state index < -0.39 is 11.4 Å². The van der Waals surface area contributed by atoms with E-state index in [0.717, 1.165) is 0 Å².